The van der Waals surface area contributed by atoms with Crippen molar-refractivity contribution < 1.29 is 13.6 Å². The summed E-state index contributed by atoms with van der Waals surface area (Å²) < 4.78 is 18.2. The highest BCUT2D eigenvalue weighted by Crippen LogP contribution is 2.20. The van der Waals surface area contributed by atoms with E-state index in [0.717, 1.165) is 5.56 Å². The number of halogens is 1. The number of rotatable bonds is 5. The number of carbonyl (C=O) groups excluding carboxylic acids is 1. The molecule has 1 amide bonds. The third-order valence-corrected chi connectivity index (χ3v) is 3.64. The molecule has 2 N–H and O–H groups in total. The summed E-state index contributed by atoms with van der Waals surface area (Å²) in [5, 5.41) is 13.5. The van der Waals surface area contributed by atoms with Crippen LogP contribution in [0.2, 0.25) is 0 Å². The van der Waals surface area contributed by atoms with Gasteiger partial charge in [0, 0.05) is 18.2 Å². The molecule has 0 saturated carbocycles. The molecule has 1 aromatic heterocycles. The second-order valence-corrected chi connectivity index (χ2v) is 5.58. The van der Waals surface area contributed by atoms with Crippen LogP contribution in [0.15, 0.2) is 52.9 Å². The molecule has 0 spiro atoms. The Morgan fingerprint density at radius 2 is 1.76 bits per heavy atom. The Bertz CT molecular complexity index is 860. The number of amides is 1. The van der Waals surface area contributed by atoms with Crippen molar-refractivity contribution in [3.8, 4) is 0 Å². The minimum absolute atomic E-state index is 0.0401. The molecule has 0 aliphatic rings. The molecule has 1 atom stereocenters. The largest absolute Gasteiger partial charge is 0.408 e. The van der Waals surface area contributed by atoms with Gasteiger partial charge in [-0.3, -0.25) is 4.79 Å². The maximum Gasteiger partial charge on any atom is 0.315 e. The van der Waals surface area contributed by atoms with Crippen LogP contribution in [0.3, 0.4) is 0 Å². The molecule has 25 heavy (non-hydrogen) atoms. The molecule has 0 saturated heterocycles. The topological polar surface area (TPSA) is 80.0 Å². The molecule has 6 nitrogen and oxygen atoms in total. The summed E-state index contributed by atoms with van der Waals surface area (Å²) in [5.41, 5.74) is 2.04. The van der Waals surface area contributed by atoms with Gasteiger partial charge in [-0.1, -0.05) is 17.2 Å². The Morgan fingerprint density at radius 3 is 2.36 bits per heavy atom. The first-order chi connectivity index (χ1) is 12.0. The van der Waals surface area contributed by atoms with Crippen molar-refractivity contribution in [3.63, 3.8) is 0 Å². The van der Waals surface area contributed by atoms with E-state index in [-0.39, 0.29) is 17.8 Å². The van der Waals surface area contributed by atoms with Crippen molar-refractivity contribution in [2.45, 2.75) is 19.9 Å². The van der Waals surface area contributed by atoms with Gasteiger partial charge in [-0.25, -0.2) is 4.39 Å². The van der Waals surface area contributed by atoms with Crippen LogP contribution in [0, 0.1) is 12.7 Å². The highest BCUT2D eigenvalue weighted by atomic mass is 19.1. The summed E-state index contributed by atoms with van der Waals surface area (Å²) in [6.07, 6.45) is 0. The van der Waals surface area contributed by atoms with Crippen molar-refractivity contribution >= 4 is 17.6 Å². The molecule has 2 aromatic carbocycles. The lowest BCUT2D eigenvalue weighted by Gasteiger charge is -2.13. The van der Waals surface area contributed by atoms with E-state index in [9.17, 15) is 9.18 Å². The smallest absolute Gasteiger partial charge is 0.315 e. The van der Waals surface area contributed by atoms with Gasteiger partial charge < -0.3 is 15.1 Å². The van der Waals surface area contributed by atoms with Crippen LogP contribution in [0.5, 0.6) is 0 Å². The number of carbonyl (C=O) groups is 1. The number of nitrogens with zero attached hydrogens (tertiary/aromatic N) is 2. The Kier molecular flexibility index (Phi) is 4.74. The summed E-state index contributed by atoms with van der Waals surface area (Å²) in [5.74, 6) is -0.173. The predicted octanol–water partition coefficient (Wildman–Crippen LogP) is 3.94. The average molecular weight is 340 g/mol. The average Bonchev–Trinajstić information content (AvgIpc) is 3.01. The fourth-order valence-corrected chi connectivity index (χ4v) is 2.28. The minimum Gasteiger partial charge on any atom is -0.408 e. The van der Waals surface area contributed by atoms with E-state index in [1.54, 1.807) is 19.1 Å². The number of aryl methyl sites for hydroxylation is 1. The van der Waals surface area contributed by atoms with E-state index in [1.165, 1.54) is 24.3 Å². The van der Waals surface area contributed by atoms with Gasteiger partial charge >= 0.3 is 6.01 Å². The standard InChI is InChI=1S/C18H17FN4O2/c1-11(20-18-23-22-12(2)25-18)13-5-9-16(10-6-13)21-17(24)14-3-7-15(19)8-4-14/h3-11H,1-2H3,(H,20,23)(H,21,24)/t11-/m1/s1. The van der Waals surface area contributed by atoms with Gasteiger partial charge in [0.1, 0.15) is 5.82 Å². The van der Waals surface area contributed by atoms with Crippen LogP contribution in [-0.2, 0) is 0 Å². The first kappa shape index (κ1) is 16.6. The van der Waals surface area contributed by atoms with Gasteiger partial charge in [-0.2, -0.15) is 0 Å². The third kappa shape index (κ3) is 4.20. The van der Waals surface area contributed by atoms with E-state index in [1.807, 2.05) is 19.1 Å². The summed E-state index contributed by atoms with van der Waals surface area (Å²) in [4.78, 5) is 12.1. The molecular formula is C18H17FN4O2. The van der Waals surface area contributed by atoms with Crippen LogP contribution in [-0.4, -0.2) is 16.1 Å². The lowest BCUT2D eigenvalue weighted by Crippen LogP contribution is -2.12. The SMILES string of the molecule is Cc1nnc(N[C@H](C)c2ccc(NC(=O)c3ccc(F)cc3)cc2)o1. The third-order valence-electron chi connectivity index (χ3n) is 3.64. The fourth-order valence-electron chi connectivity index (χ4n) is 2.28. The predicted molar refractivity (Wildman–Crippen MR) is 91.9 cm³/mol. The Hall–Kier alpha value is -3.22. The molecule has 7 heteroatoms. The van der Waals surface area contributed by atoms with Crippen LogP contribution in [0.25, 0.3) is 0 Å². The van der Waals surface area contributed by atoms with Gasteiger partial charge in [-0.05, 0) is 48.9 Å². The van der Waals surface area contributed by atoms with Crippen LogP contribution < -0.4 is 10.6 Å². The number of anilines is 2. The summed E-state index contributed by atoms with van der Waals surface area (Å²) in [7, 11) is 0. The number of hydrogen-bond acceptors (Lipinski definition) is 5. The maximum atomic E-state index is 12.9. The molecule has 0 bridgehead atoms. The minimum atomic E-state index is -0.376. The van der Waals surface area contributed by atoms with Gasteiger partial charge in [0.25, 0.3) is 5.91 Å². The zero-order valence-electron chi connectivity index (χ0n) is 13.8. The van der Waals surface area contributed by atoms with E-state index in [2.05, 4.69) is 20.8 Å². The highest BCUT2D eigenvalue weighted by Gasteiger charge is 2.10. The van der Waals surface area contributed by atoms with E-state index < -0.39 is 0 Å². The second kappa shape index (κ2) is 7.12. The monoisotopic (exact) mass is 340 g/mol. The van der Waals surface area contributed by atoms with E-state index in [0.29, 0.717) is 23.2 Å². The molecule has 0 fully saturated rings. The summed E-state index contributed by atoms with van der Waals surface area (Å²) >= 11 is 0. The molecule has 128 valence electrons. The normalized spacial score (nSPS) is 11.8. The van der Waals surface area contributed by atoms with Gasteiger partial charge in [0.15, 0.2) is 0 Å². The maximum absolute atomic E-state index is 12.9. The van der Waals surface area contributed by atoms with Crippen molar-refractivity contribution in [2.24, 2.45) is 0 Å². The number of hydrogen-bond donors (Lipinski definition) is 2. The quantitative estimate of drug-likeness (QED) is 0.735. The van der Waals surface area contributed by atoms with Crippen molar-refractivity contribution in [1.82, 2.24) is 10.2 Å². The lowest BCUT2D eigenvalue weighted by atomic mass is 10.1. The summed E-state index contributed by atoms with van der Waals surface area (Å²) in [6, 6.07) is 13.1. The molecule has 0 radical (unpaired) electrons. The molecule has 0 aliphatic carbocycles. The van der Waals surface area contributed by atoms with Crippen LogP contribution in [0.4, 0.5) is 16.1 Å². The van der Waals surface area contributed by atoms with Gasteiger partial charge in [0.05, 0.1) is 6.04 Å². The number of benzene rings is 2. The van der Waals surface area contributed by atoms with Crippen molar-refractivity contribution in [1.29, 1.82) is 0 Å². The summed E-state index contributed by atoms with van der Waals surface area (Å²) in [6.45, 7) is 3.69. The van der Waals surface area contributed by atoms with Crippen molar-refractivity contribution in [2.75, 3.05) is 10.6 Å². The van der Waals surface area contributed by atoms with Crippen LogP contribution in [0.1, 0.15) is 34.8 Å². The number of aromatic nitrogens is 2. The fraction of sp³-hybridized carbons (Fsp3) is 0.167. The van der Waals surface area contributed by atoms with E-state index >= 15 is 0 Å². The molecule has 1 heterocycles. The lowest BCUT2D eigenvalue weighted by molar-refractivity contribution is 0.102. The van der Waals surface area contributed by atoms with Gasteiger partial charge in [0.2, 0.25) is 5.89 Å². The van der Waals surface area contributed by atoms with E-state index in [4.69, 9.17) is 4.42 Å². The molecule has 3 aromatic rings. The zero-order chi connectivity index (χ0) is 17.8. The van der Waals surface area contributed by atoms with Gasteiger partial charge in [-0.15, -0.1) is 5.10 Å². The Balaban J connectivity index is 1.63. The first-order valence-corrected chi connectivity index (χ1v) is 7.75. The Morgan fingerprint density at radius 1 is 1.08 bits per heavy atom. The van der Waals surface area contributed by atoms with Crippen LogP contribution >= 0.6 is 0 Å². The number of nitrogens with one attached hydrogen (secondary N) is 2. The first-order valence-electron chi connectivity index (χ1n) is 7.75. The second-order valence-electron chi connectivity index (χ2n) is 5.58. The highest BCUT2D eigenvalue weighted by molar-refractivity contribution is 6.04. The Labute approximate surface area is 144 Å². The van der Waals surface area contributed by atoms with Crippen molar-refractivity contribution in [3.05, 3.63) is 71.4 Å². The zero-order valence-corrected chi connectivity index (χ0v) is 13.8. The molecule has 3 rings (SSSR count). The molecule has 0 aliphatic heterocycles. The molecular weight excluding hydrogens is 323 g/mol. The molecule has 0 unspecified atom stereocenters.